The molecule has 1 amide bonds. The van der Waals surface area contributed by atoms with Crippen molar-refractivity contribution in [1.82, 2.24) is 14.7 Å². The summed E-state index contributed by atoms with van der Waals surface area (Å²) >= 11 is 0. The van der Waals surface area contributed by atoms with Crippen molar-refractivity contribution in [3.63, 3.8) is 0 Å². The fraction of sp³-hybridized carbons (Fsp3) is 0.750. The molecule has 0 aromatic carbocycles. The van der Waals surface area contributed by atoms with Crippen molar-refractivity contribution >= 4 is 5.91 Å². The van der Waals surface area contributed by atoms with Gasteiger partial charge in [0, 0.05) is 25.8 Å². The van der Waals surface area contributed by atoms with E-state index in [1.54, 1.807) is 0 Å². The maximum absolute atomic E-state index is 12.4. The monoisotopic (exact) mass is 292 g/mol. The summed E-state index contributed by atoms with van der Waals surface area (Å²) in [4.78, 5) is 14.4. The Morgan fingerprint density at radius 1 is 1.43 bits per heavy atom. The van der Waals surface area contributed by atoms with Crippen molar-refractivity contribution in [2.45, 2.75) is 59.0 Å². The number of likely N-dealkylation sites (tertiary alicyclic amines) is 1. The van der Waals surface area contributed by atoms with Crippen LogP contribution in [0.3, 0.4) is 0 Å². The summed E-state index contributed by atoms with van der Waals surface area (Å²) in [5.74, 6) is 0.602. The Morgan fingerprint density at radius 3 is 2.52 bits per heavy atom. The van der Waals surface area contributed by atoms with Crippen LogP contribution in [0.25, 0.3) is 0 Å². The second kappa shape index (κ2) is 6.18. The quantitative estimate of drug-likeness (QED) is 0.926. The Labute approximate surface area is 127 Å². The van der Waals surface area contributed by atoms with Crippen molar-refractivity contribution in [1.29, 1.82) is 0 Å². The predicted octanol–water partition coefficient (Wildman–Crippen LogP) is 1.98. The molecule has 5 heteroatoms. The largest absolute Gasteiger partial charge is 0.341 e. The molecule has 1 aromatic heterocycles. The van der Waals surface area contributed by atoms with Crippen LogP contribution in [0.15, 0.2) is 12.4 Å². The molecule has 1 fully saturated rings. The lowest BCUT2D eigenvalue weighted by Gasteiger charge is -2.36. The van der Waals surface area contributed by atoms with Crippen LogP contribution in [-0.4, -0.2) is 39.7 Å². The Balaban J connectivity index is 1.92. The third kappa shape index (κ3) is 3.64. The molecule has 1 aromatic rings. The minimum Gasteiger partial charge on any atom is -0.341 e. The molecule has 2 N–H and O–H groups in total. The van der Waals surface area contributed by atoms with Crippen LogP contribution in [0.2, 0.25) is 0 Å². The SMILES string of the molecule is CCn1cc(C2CCN(C(=O)[C@@H](N)C(C)(C)C)CC2)cn1. The maximum Gasteiger partial charge on any atom is 0.240 e. The average molecular weight is 292 g/mol. The van der Waals surface area contributed by atoms with E-state index in [-0.39, 0.29) is 11.3 Å². The molecule has 2 rings (SSSR count). The fourth-order valence-corrected chi connectivity index (χ4v) is 2.76. The summed E-state index contributed by atoms with van der Waals surface area (Å²) in [5.41, 5.74) is 7.20. The van der Waals surface area contributed by atoms with Gasteiger partial charge in [0.2, 0.25) is 5.91 Å². The molecule has 0 unspecified atom stereocenters. The van der Waals surface area contributed by atoms with Crippen LogP contribution < -0.4 is 5.73 Å². The molecule has 0 saturated carbocycles. The summed E-state index contributed by atoms with van der Waals surface area (Å²) in [7, 11) is 0. The highest BCUT2D eigenvalue weighted by atomic mass is 16.2. The normalized spacial score (nSPS) is 18.8. The number of amides is 1. The van der Waals surface area contributed by atoms with E-state index in [0.717, 1.165) is 32.5 Å². The lowest BCUT2D eigenvalue weighted by Crippen LogP contribution is -2.52. The highest BCUT2D eigenvalue weighted by Crippen LogP contribution is 2.29. The maximum atomic E-state index is 12.4. The molecule has 2 heterocycles. The summed E-state index contributed by atoms with van der Waals surface area (Å²) in [6.07, 6.45) is 6.09. The van der Waals surface area contributed by atoms with Gasteiger partial charge in [-0.1, -0.05) is 20.8 Å². The molecule has 21 heavy (non-hydrogen) atoms. The molecule has 0 radical (unpaired) electrons. The summed E-state index contributed by atoms with van der Waals surface area (Å²) in [6, 6.07) is -0.420. The third-order valence-electron chi connectivity index (χ3n) is 4.45. The van der Waals surface area contributed by atoms with Crippen molar-refractivity contribution in [2.24, 2.45) is 11.1 Å². The van der Waals surface area contributed by atoms with Crippen LogP contribution in [0.4, 0.5) is 0 Å². The number of aryl methyl sites for hydroxylation is 1. The number of nitrogens with zero attached hydrogens (tertiary/aromatic N) is 3. The van der Waals surface area contributed by atoms with Gasteiger partial charge in [0.05, 0.1) is 12.2 Å². The number of rotatable bonds is 3. The molecule has 1 atom stereocenters. The highest BCUT2D eigenvalue weighted by Gasteiger charge is 2.33. The third-order valence-corrected chi connectivity index (χ3v) is 4.45. The van der Waals surface area contributed by atoms with Gasteiger partial charge >= 0.3 is 0 Å². The molecule has 0 spiro atoms. The first-order valence-electron chi connectivity index (χ1n) is 7.89. The smallest absolute Gasteiger partial charge is 0.240 e. The van der Waals surface area contributed by atoms with E-state index in [0.29, 0.717) is 5.92 Å². The van der Waals surface area contributed by atoms with Gasteiger partial charge in [0.1, 0.15) is 0 Å². The standard InChI is InChI=1S/C16H28N4O/c1-5-20-11-13(10-18-20)12-6-8-19(9-7-12)15(21)14(17)16(2,3)4/h10-12,14H,5-9,17H2,1-4H3/t14-/m1/s1. The number of nitrogens with two attached hydrogens (primary N) is 1. The number of hydrogen-bond acceptors (Lipinski definition) is 3. The molecular weight excluding hydrogens is 264 g/mol. The van der Waals surface area contributed by atoms with Gasteiger partial charge < -0.3 is 10.6 Å². The van der Waals surface area contributed by atoms with Gasteiger partial charge in [-0.05, 0) is 36.7 Å². The number of aromatic nitrogens is 2. The lowest BCUT2D eigenvalue weighted by atomic mass is 9.85. The lowest BCUT2D eigenvalue weighted by molar-refractivity contribution is -0.136. The topological polar surface area (TPSA) is 64.2 Å². The minimum absolute atomic E-state index is 0.0882. The Kier molecular flexibility index (Phi) is 4.71. The first kappa shape index (κ1) is 16.0. The molecule has 0 aliphatic carbocycles. The van der Waals surface area contributed by atoms with Gasteiger partial charge in [-0.2, -0.15) is 5.10 Å². The minimum atomic E-state index is -0.420. The summed E-state index contributed by atoms with van der Waals surface area (Å²) in [6.45, 7) is 10.6. The predicted molar refractivity (Wildman–Crippen MR) is 83.9 cm³/mol. The zero-order valence-electron chi connectivity index (χ0n) is 13.7. The fourth-order valence-electron chi connectivity index (χ4n) is 2.76. The van der Waals surface area contributed by atoms with Gasteiger partial charge in [-0.25, -0.2) is 0 Å². The summed E-state index contributed by atoms with van der Waals surface area (Å²) < 4.78 is 1.96. The van der Waals surface area contributed by atoms with Gasteiger partial charge in [0.25, 0.3) is 0 Å². The van der Waals surface area contributed by atoms with Crippen molar-refractivity contribution in [3.8, 4) is 0 Å². The molecule has 118 valence electrons. The molecule has 1 aliphatic rings. The van der Waals surface area contributed by atoms with E-state index in [1.807, 2.05) is 36.5 Å². The van der Waals surface area contributed by atoms with Crippen molar-refractivity contribution in [2.75, 3.05) is 13.1 Å². The van der Waals surface area contributed by atoms with E-state index in [1.165, 1.54) is 5.56 Å². The van der Waals surface area contributed by atoms with E-state index >= 15 is 0 Å². The van der Waals surface area contributed by atoms with Gasteiger partial charge in [-0.3, -0.25) is 9.48 Å². The first-order chi connectivity index (χ1) is 9.82. The molecule has 5 nitrogen and oxygen atoms in total. The molecular formula is C16H28N4O. The number of piperidine rings is 1. The van der Waals surface area contributed by atoms with Crippen molar-refractivity contribution in [3.05, 3.63) is 18.0 Å². The van der Waals surface area contributed by atoms with Crippen molar-refractivity contribution < 1.29 is 4.79 Å². The van der Waals surface area contributed by atoms with Gasteiger partial charge in [0.15, 0.2) is 0 Å². The summed E-state index contributed by atoms with van der Waals surface area (Å²) in [5, 5.41) is 4.34. The van der Waals surface area contributed by atoms with E-state index in [2.05, 4.69) is 18.2 Å². The van der Waals surface area contributed by atoms with Crippen LogP contribution >= 0.6 is 0 Å². The second-order valence-electron chi connectivity index (χ2n) is 7.07. The molecule has 1 saturated heterocycles. The van der Waals surface area contributed by atoms with E-state index in [9.17, 15) is 4.79 Å². The second-order valence-corrected chi connectivity index (χ2v) is 7.07. The van der Waals surface area contributed by atoms with E-state index < -0.39 is 6.04 Å². The van der Waals surface area contributed by atoms with Crippen LogP contribution in [0, 0.1) is 5.41 Å². The zero-order valence-corrected chi connectivity index (χ0v) is 13.7. The van der Waals surface area contributed by atoms with Crippen LogP contribution in [-0.2, 0) is 11.3 Å². The first-order valence-corrected chi connectivity index (χ1v) is 7.89. The van der Waals surface area contributed by atoms with Crippen LogP contribution in [0.1, 0.15) is 52.0 Å². The molecule has 0 bridgehead atoms. The number of carbonyl (C=O) groups is 1. The molecule has 1 aliphatic heterocycles. The van der Waals surface area contributed by atoms with E-state index in [4.69, 9.17) is 5.73 Å². The zero-order chi connectivity index (χ0) is 15.6. The Bertz CT molecular complexity index is 481. The van der Waals surface area contributed by atoms with Crippen LogP contribution in [0.5, 0.6) is 0 Å². The Morgan fingerprint density at radius 2 is 2.05 bits per heavy atom. The van der Waals surface area contributed by atoms with Gasteiger partial charge in [-0.15, -0.1) is 0 Å². The average Bonchev–Trinajstić information content (AvgIpc) is 2.94. The highest BCUT2D eigenvalue weighted by molar-refractivity contribution is 5.82. The number of carbonyl (C=O) groups excluding carboxylic acids is 1. The Hall–Kier alpha value is -1.36. The number of hydrogen-bond donors (Lipinski definition) is 1.